The number of rotatable bonds is 2. The van der Waals surface area contributed by atoms with Gasteiger partial charge in [-0.2, -0.15) is 0 Å². The van der Waals surface area contributed by atoms with Crippen molar-refractivity contribution in [3.63, 3.8) is 0 Å². The minimum absolute atomic E-state index is 0.338. The fraction of sp³-hybridized carbons (Fsp3) is 0.0769. The summed E-state index contributed by atoms with van der Waals surface area (Å²) in [6.45, 7) is 0. The first-order chi connectivity index (χ1) is 7.76. The van der Waals surface area contributed by atoms with E-state index in [1.807, 2.05) is 30.3 Å². The van der Waals surface area contributed by atoms with Gasteiger partial charge in [-0.05, 0) is 28.5 Å². The fourth-order valence-electron chi connectivity index (χ4n) is 1.68. The summed E-state index contributed by atoms with van der Waals surface area (Å²) >= 11 is 4.89. The predicted molar refractivity (Wildman–Crippen MR) is 68.0 cm³/mol. The third-order valence-corrected chi connectivity index (χ3v) is 2.70. The lowest BCUT2D eigenvalue weighted by Gasteiger charge is -2.06. The molecule has 0 radical (unpaired) electrons. The number of esters is 1. The molecule has 0 amide bonds. The molecule has 0 saturated carbocycles. The van der Waals surface area contributed by atoms with Crippen LogP contribution in [0.25, 0.3) is 10.8 Å². The first-order valence-electron chi connectivity index (χ1n) is 4.82. The standard InChI is InChI=1S/C13H10O2S/c1-15-13(14)12-7-9(8-16)6-10-4-2-3-5-11(10)12/h2-8H,1H3. The summed E-state index contributed by atoms with van der Waals surface area (Å²) in [5.41, 5.74) is 1.39. The van der Waals surface area contributed by atoms with E-state index in [1.165, 1.54) is 7.11 Å². The maximum absolute atomic E-state index is 11.6. The molecule has 0 fully saturated rings. The van der Waals surface area contributed by atoms with Gasteiger partial charge >= 0.3 is 5.97 Å². The van der Waals surface area contributed by atoms with Crippen molar-refractivity contribution in [1.29, 1.82) is 0 Å². The van der Waals surface area contributed by atoms with Gasteiger partial charge in [0.2, 0.25) is 0 Å². The molecule has 0 atom stereocenters. The molecule has 0 aliphatic heterocycles. The predicted octanol–water partition coefficient (Wildman–Crippen LogP) is 2.97. The second-order valence-corrected chi connectivity index (χ2v) is 3.63. The van der Waals surface area contributed by atoms with E-state index in [0.29, 0.717) is 5.56 Å². The van der Waals surface area contributed by atoms with E-state index in [2.05, 4.69) is 0 Å². The quantitative estimate of drug-likeness (QED) is 0.586. The van der Waals surface area contributed by atoms with Crippen molar-refractivity contribution in [2.24, 2.45) is 0 Å². The summed E-state index contributed by atoms with van der Waals surface area (Å²) in [5.74, 6) is -0.338. The lowest BCUT2D eigenvalue weighted by atomic mass is 10.0. The molecular weight excluding hydrogens is 220 g/mol. The molecular formula is C13H10O2S. The van der Waals surface area contributed by atoms with Gasteiger partial charge in [-0.3, -0.25) is 0 Å². The topological polar surface area (TPSA) is 26.3 Å². The molecule has 80 valence electrons. The van der Waals surface area contributed by atoms with Crippen molar-refractivity contribution in [3.05, 3.63) is 47.5 Å². The van der Waals surface area contributed by atoms with Crippen LogP contribution in [0.4, 0.5) is 0 Å². The second-order valence-electron chi connectivity index (χ2n) is 3.40. The van der Waals surface area contributed by atoms with Crippen LogP contribution in [0.2, 0.25) is 0 Å². The average molecular weight is 230 g/mol. The van der Waals surface area contributed by atoms with Crippen LogP contribution in [0.5, 0.6) is 0 Å². The molecule has 0 aliphatic carbocycles. The number of thiocarbonyl (C=S) groups is 1. The van der Waals surface area contributed by atoms with Gasteiger partial charge in [0.1, 0.15) is 0 Å². The van der Waals surface area contributed by atoms with Gasteiger partial charge in [-0.25, -0.2) is 4.79 Å². The molecule has 2 nitrogen and oxygen atoms in total. The first kappa shape index (κ1) is 10.8. The highest BCUT2D eigenvalue weighted by atomic mass is 32.1. The SMILES string of the molecule is COC(=O)c1cc(C=S)cc2ccccc12. The molecule has 0 spiro atoms. The zero-order chi connectivity index (χ0) is 11.5. The Morgan fingerprint density at radius 2 is 2.06 bits per heavy atom. The van der Waals surface area contributed by atoms with Crippen LogP contribution in [0, 0.1) is 0 Å². The molecule has 0 heterocycles. The highest BCUT2D eigenvalue weighted by Crippen LogP contribution is 2.21. The van der Waals surface area contributed by atoms with E-state index in [0.717, 1.165) is 16.3 Å². The van der Waals surface area contributed by atoms with Crippen molar-refractivity contribution >= 4 is 34.3 Å². The summed E-state index contributed by atoms with van der Waals surface area (Å²) < 4.78 is 4.76. The van der Waals surface area contributed by atoms with Gasteiger partial charge < -0.3 is 4.74 Å². The van der Waals surface area contributed by atoms with Crippen LogP contribution in [-0.2, 0) is 4.74 Å². The molecule has 0 unspecified atom stereocenters. The zero-order valence-corrected chi connectivity index (χ0v) is 9.58. The smallest absolute Gasteiger partial charge is 0.338 e. The fourth-order valence-corrected chi connectivity index (χ4v) is 1.82. The Balaban J connectivity index is 2.78. The molecule has 3 heteroatoms. The highest BCUT2D eigenvalue weighted by Gasteiger charge is 2.10. The largest absolute Gasteiger partial charge is 0.465 e. The van der Waals surface area contributed by atoms with Gasteiger partial charge in [-0.1, -0.05) is 36.5 Å². The lowest BCUT2D eigenvalue weighted by Crippen LogP contribution is -2.03. The number of hydrogen-bond donors (Lipinski definition) is 0. The Hall–Kier alpha value is -1.74. The molecule has 0 aliphatic rings. The van der Waals surface area contributed by atoms with Gasteiger partial charge in [0, 0.05) is 5.37 Å². The Morgan fingerprint density at radius 1 is 1.31 bits per heavy atom. The molecule has 0 aromatic heterocycles. The van der Waals surface area contributed by atoms with Crippen LogP contribution in [-0.4, -0.2) is 18.4 Å². The molecule has 2 rings (SSSR count). The van der Waals surface area contributed by atoms with E-state index in [-0.39, 0.29) is 5.97 Å². The Bertz CT molecular complexity index is 561. The Labute approximate surface area is 98.8 Å². The molecule has 16 heavy (non-hydrogen) atoms. The van der Waals surface area contributed by atoms with Crippen LogP contribution in [0.1, 0.15) is 15.9 Å². The molecule has 2 aromatic rings. The van der Waals surface area contributed by atoms with Crippen molar-refractivity contribution in [1.82, 2.24) is 0 Å². The van der Waals surface area contributed by atoms with E-state index < -0.39 is 0 Å². The van der Waals surface area contributed by atoms with Gasteiger partial charge in [-0.15, -0.1) is 0 Å². The first-order valence-corrected chi connectivity index (χ1v) is 5.29. The lowest BCUT2D eigenvalue weighted by molar-refractivity contribution is 0.0603. The van der Waals surface area contributed by atoms with E-state index >= 15 is 0 Å². The van der Waals surface area contributed by atoms with Crippen LogP contribution < -0.4 is 0 Å². The monoisotopic (exact) mass is 230 g/mol. The third-order valence-electron chi connectivity index (χ3n) is 2.43. The summed E-state index contributed by atoms with van der Waals surface area (Å²) in [6, 6.07) is 11.4. The molecule has 2 aromatic carbocycles. The maximum Gasteiger partial charge on any atom is 0.338 e. The molecule has 0 saturated heterocycles. The van der Waals surface area contributed by atoms with Gasteiger partial charge in [0.25, 0.3) is 0 Å². The number of fused-ring (bicyclic) bond motifs is 1. The average Bonchev–Trinajstić information content (AvgIpc) is 2.36. The summed E-state index contributed by atoms with van der Waals surface area (Å²) in [7, 11) is 1.38. The van der Waals surface area contributed by atoms with Crippen molar-refractivity contribution in [2.75, 3.05) is 7.11 Å². The zero-order valence-electron chi connectivity index (χ0n) is 8.77. The number of benzene rings is 2. The van der Waals surface area contributed by atoms with Crippen LogP contribution >= 0.6 is 12.2 Å². The molecule has 0 N–H and O–H groups in total. The minimum Gasteiger partial charge on any atom is -0.465 e. The number of ether oxygens (including phenoxy) is 1. The summed E-state index contributed by atoms with van der Waals surface area (Å²) in [5, 5.41) is 3.43. The second kappa shape index (κ2) is 4.41. The Morgan fingerprint density at radius 3 is 2.75 bits per heavy atom. The van der Waals surface area contributed by atoms with E-state index in [4.69, 9.17) is 17.0 Å². The minimum atomic E-state index is -0.338. The van der Waals surface area contributed by atoms with Gasteiger partial charge in [0.15, 0.2) is 0 Å². The van der Waals surface area contributed by atoms with Crippen molar-refractivity contribution in [3.8, 4) is 0 Å². The number of methoxy groups -OCH3 is 1. The normalized spacial score (nSPS) is 10.1. The number of carbonyl (C=O) groups excluding carboxylic acids is 1. The maximum atomic E-state index is 11.6. The van der Waals surface area contributed by atoms with E-state index in [9.17, 15) is 4.79 Å². The van der Waals surface area contributed by atoms with Crippen molar-refractivity contribution < 1.29 is 9.53 Å². The Kier molecular flexibility index (Phi) is 2.97. The van der Waals surface area contributed by atoms with Crippen molar-refractivity contribution in [2.45, 2.75) is 0 Å². The van der Waals surface area contributed by atoms with Gasteiger partial charge in [0.05, 0.1) is 12.7 Å². The van der Waals surface area contributed by atoms with Crippen LogP contribution in [0.3, 0.4) is 0 Å². The third kappa shape index (κ3) is 1.82. The molecule has 0 bridgehead atoms. The summed E-state index contributed by atoms with van der Waals surface area (Å²) in [6.07, 6.45) is 0. The van der Waals surface area contributed by atoms with Crippen LogP contribution in [0.15, 0.2) is 36.4 Å². The highest BCUT2D eigenvalue weighted by molar-refractivity contribution is 7.79. The van der Waals surface area contributed by atoms with E-state index in [1.54, 1.807) is 11.4 Å². The number of hydrogen-bond acceptors (Lipinski definition) is 3. The number of carbonyl (C=O) groups is 1. The summed E-state index contributed by atoms with van der Waals surface area (Å²) in [4.78, 5) is 11.6.